The molecule has 0 bridgehead atoms. The summed E-state index contributed by atoms with van der Waals surface area (Å²) in [5.74, 6) is 1.39. The highest BCUT2D eigenvalue weighted by Gasteiger charge is 2.23. The lowest BCUT2D eigenvalue weighted by molar-refractivity contribution is -0.137. The number of ether oxygens (including phenoxy) is 1. The molecule has 1 aliphatic carbocycles. The molecule has 0 spiro atoms. The molecule has 3 heteroatoms. The Labute approximate surface area is 124 Å². The molecule has 1 aromatic carbocycles. The van der Waals surface area contributed by atoms with Crippen LogP contribution in [0.15, 0.2) is 40.8 Å². The van der Waals surface area contributed by atoms with E-state index in [0.29, 0.717) is 6.61 Å². The van der Waals surface area contributed by atoms with Gasteiger partial charge in [-0.3, -0.25) is 0 Å². The molecular weight excluding hydrogens is 264 g/mol. The molecule has 0 saturated heterocycles. The molecule has 0 amide bonds. The van der Waals surface area contributed by atoms with Gasteiger partial charge in [-0.05, 0) is 32.3 Å². The van der Waals surface area contributed by atoms with Crippen LogP contribution in [0.5, 0.6) is 0 Å². The van der Waals surface area contributed by atoms with Gasteiger partial charge in [-0.25, -0.2) is 4.79 Å². The van der Waals surface area contributed by atoms with Crippen molar-refractivity contribution in [3.8, 4) is 11.3 Å². The predicted octanol–water partition coefficient (Wildman–Crippen LogP) is 4.01. The van der Waals surface area contributed by atoms with Gasteiger partial charge in [0.15, 0.2) is 0 Å². The van der Waals surface area contributed by atoms with E-state index < -0.39 is 0 Å². The number of esters is 1. The Morgan fingerprint density at radius 3 is 2.76 bits per heavy atom. The second-order valence-electron chi connectivity index (χ2n) is 5.06. The summed E-state index contributed by atoms with van der Waals surface area (Å²) < 4.78 is 10.9. The van der Waals surface area contributed by atoms with Crippen molar-refractivity contribution in [1.82, 2.24) is 0 Å². The molecule has 2 aromatic rings. The molecule has 1 aliphatic rings. The summed E-state index contributed by atoms with van der Waals surface area (Å²) in [5, 5.41) is 0. The molecular formula is C18H18O3. The molecule has 3 nitrogen and oxygen atoms in total. The highest BCUT2D eigenvalue weighted by atomic mass is 16.5. The van der Waals surface area contributed by atoms with Gasteiger partial charge >= 0.3 is 5.97 Å². The zero-order valence-corrected chi connectivity index (χ0v) is 12.1. The summed E-state index contributed by atoms with van der Waals surface area (Å²) in [6.45, 7) is 2.18. The third-order valence-corrected chi connectivity index (χ3v) is 3.69. The highest BCUT2D eigenvalue weighted by Crippen LogP contribution is 2.37. The van der Waals surface area contributed by atoms with E-state index in [2.05, 4.69) is 12.1 Å². The average Bonchev–Trinajstić information content (AvgIpc) is 3.09. The van der Waals surface area contributed by atoms with E-state index in [9.17, 15) is 4.79 Å². The van der Waals surface area contributed by atoms with E-state index in [1.807, 2.05) is 18.2 Å². The number of fused-ring (bicyclic) bond motifs is 1. The van der Waals surface area contributed by atoms with Crippen LogP contribution < -0.4 is 0 Å². The minimum Gasteiger partial charge on any atom is -0.463 e. The number of rotatable bonds is 4. The van der Waals surface area contributed by atoms with E-state index in [0.717, 1.165) is 36.3 Å². The second-order valence-corrected chi connectivity index (χ2v) is 5.06. The Hall–Kier alpha value is -2.29. The molecule has 1 aromatic heterocycles. The fourth-order valence-corrected chi connectivity index (χ4v) is 2.79. The van der Waals surface area contributed by atoms with Crippen LogP contribution in [0.1, 0.15) is 30.2 Å². The zero-order valence-electron chi connectivity index (χ0n) is 12.1. The van der Waals surface area contributed by atoms with Crippen LogP contribution in [-0.2, 0) is 22.4 Å². The van der Waals surface area contributed by atoms with Gasteiger partial charge in [0.1, 0.15) is 11.5 Å². The molecule has 21 heavy (non-hydrogen) atoms. The smallest absolute Gasteiger partial charge is 0.330 e. The number of hydrogen-bond acceptors (Lipinski definition) is 3. The first-order chi connectivity index (χ1) is 10.3. The summed E-state index contributed by atoms with van der Waals surface area (Å²) >= 11 is 0. The van der Waals surface area contributed by atoms with Gasteiger partial charge in [-0.1, -0.05) is 30.3 Å². The van der Waals surface area contributed by atoms with E-state index in [1.165, 1.54) is 17.2 Å². The Kier molecular flexibility index (Phi) is 3.91. The van der Waals surface area contributed by atoms with E-state index in [1.54, 1.807) is 13.0 Å². The molecule has 0 unspecified atom stereocenters. The number of carbonyl (C=O) groups is 1. The fraction of sp³-hybridized carbons (Fsp3) is 0.278. The number of carbonyl (C=O) groups excluding carboxylic acids is 1. The molecule has 0 atom stereocenters. The van der Waals surface area contributed by atoms with Crippen molar-refractivity contribution in [3.63, 3.8) is 0 Å². The van der Waals surface area contributed by atoms with Crippen molar-refractivity contribution in [1.29, 1.82) is 0 Å². The van der Waals surface area contributed by atoms with Gasteiger partial charge in [-0.2, -0.15) is 0 Å². The van der Waals surface area contributed by atoms with E-state index in [-0.39, 0.29) is 5.97 Å². The first kappa shape index (κ1) is 13.7. The standard InChI is InChI=1S/C18H18O3/c1-2-20-17(19)12-11-16-14-9-6-10-15(14)18(21-16)13-7-4-3-5-8-13/h3-5,7-8,11-12H,2,6,9-10H2,1H3/b12-11-. The quantitative estimate of drug-likeness (QED) is 0.628. The lowest BCUT2D eigenvalue weighted by Crippen LogP contribution is -1.98. The van der Waals surface area contributed by atoms with E-state index in [4.69, 9.17) is 9.15 Å². The SMILES string of the molecule is CCOC(=O)/C=C\c1oc(-c2ccccc2)c2c1CCC2. The molecule has 0 fully saturated rings. The molecule has 0 radical (unpaired) electrons. The lowest BCUT2D eigenvalue weighted by atomic mass is 10.1. The number of hydrogen-bond donors (Lipinski definition) is 0. The number of benzene rings is 1. The maximum Gasteiger partial charge on any atom is 0.330 e. The van der Waals surface area contributed by atoms with Crippen LogP contribution in [0.3, 0.4) is 0 Å². The van der Waals surface area contributed by atoms with Gasteiger partial charge in [0.2, 0.25) is 0 Å². The Morgan fingerprint density at radius 1 is 1.24 bits per heavy atom. The van der Waals surface area contributed by atoms with Gasteiger partial charge in [-0.15, -0.1) is 0 Å². The minimum absolute atomic E-state index is 0.332. The van der Waals surface area contributed by atoms with Crippen molar-refractivity contribution in [3.05, 3.63) is 53.3 Å². The zero-order chi connectivity index (χ0) is 14.7. The van der Waals surface area contributed by atoms with Crippen LogP contribution >= 0.6 is 0 Å². The van der Waals surface area contributed by atoms with Gasteiger partial charge in [0.05, 0.1) is 6.61 Å². The van der Waals surface area contributed by atoms with Gasteiger partial charge in [0.25, 0.3) is 0 Å². The number of furan rings is 1. The monoisotopic (exact) mass is 282 g/mol. The summed E-state index contributed by atoms with van der Waals surface area (Å²) in [6.07, 6.45) is 6.36. The van der Waals surface area contributed by atoms with Crippen LogP contribution in [0.2, 0.25) is 0 Å². The molecule has 0 saturated carbocycles. The summed E-state index contributed by atoms with van der Waals surface area (Å²) in [7, 11) is 0. The first-order valence-corrected chi connectivity index (χ1v) is 7.34. The maximum atomic E-state index is 11.4. The molecule has 108 valence electrons. The van der Waals surface area contributed by atoms with Crippen LogP contribution in [0.4, 0.5) is 0 Å². The predicted molar refractivity (Wildman–Crippen MR) is 81.8 cm³/mol. The lowest BCUT2D eigenvalue weighted by Gasteiger charge is -1.99. The highest BCUT2D eigenvalue weighted by molar-refractivity contribution is 5.87. The van der Waals surface area contributed by atoms with E-state index >= 15 is 0 Å². The fourth-order valence-electron chi connectivity index (χ4n) is 2.79. The molecule has 0 aliphatic heterocycles. The van der Waals surface area contributed by atoms with Crippen molar-refractivity contribution in [2.45, 2.75) is 26.2 Å². The third kappa shape index (κ3) is 2.77. The Morgan fingerprint density at radius 2 is 2.00 bits per heavy atom. The van der Waals surface area contributed by atoms with Crippen molar-refractivity contribution >= 4 is 12.0 Å². The Bertz CT molecular complexity index is 665. The summed E-state index contributed by atoms with van der Waals surface area (Å²) in [5.41, 5.74) is 3.60. The van der Waals surface area contributed by atoms with Crippen LogP contribution in [0.25, 0.3) is 17.4 Å². The topological polar surface area (TPSA) is 39.4 Å². The molecule has 3 rings (SSSR count). The third-order valence-electron chi connectivity index (χ3n) is 3.69. The molecule has 0 N–H and O–H groups in total. The van der Waals surface area contributed by atoms with Gasteiger partial charge < -0.3 is 9.15 Å². The minimum atomic E-state index is -0.332. The van der Waals surface area contributed by atoms with Crippen molar-refractivity contribution < 1.29 is 13.9 Å². The summed E-state index contributed by atoms with van der Waals surface area (Å²) in [4.78, 5) is 11.4. The maximum absolute atomic E-state index is 11.4. The van der Waals surface area contributed by atoms with Crippen LogP contribution in [0, 0.1) is 0 Å². The molecule has 1 heterocycles. The van der Waals surface area contributed by atoms with Gasteiger partial charge in [0, 0.05) is 22.8 Å². The average molecular weight is 282 g/mol. The normalized spacial score (nSPS) is 13.6. The second kappa shape index (κ2) is 6.00. The van der Waals surface area contributed by atoms with Crippen molar-refractivity contribution in [2.24, 2.45) is 0 Å². The van der Waals surface area contributed by atoms with Crippen molar-refractivity contribution in [2.75, 3.05) is 6.61 Å². The largest absolute Gasteiger partial charge is 0.463 e. The Balaban J connectivity index is 1.95. The van der Waals surface area contributed by atoms with Crippen LogP contribution in [-0.4, -0.2) is 12.6 Å². The summed E-state index contributed by atoms with van der Waals surface area (Å²) in [6, 6.07) is 10.1. The first-order valence-electron chi connectivity index (χ1n) is 7.34.